The molecule has 0 heterocycles. The van der Waals surface area contributed by atoms with Crippen LogP contribution in [0.2, 0.25) is 0 Å². The molecule has 1 radical (unpaired) electrons. The van der Waals surface area contributed by atoms with Gasteiger partial charge in [0.05, 0.1) is 5.75 Å². The number of rotatable bonds is 4. The van der Waals surface area contributed by atoms with Crippen molar-refractivity contribution in [1.29, 1.82) is 0 Å². The molecular weight excluding hydrogens is 191 g/mol. The fraction of sp³-hybridized carbons (Fsp3) is 0.500. The van der Waals surface area contributed by atoms with Crippen molar-refractivity contribution in [1.82, 2.24) is 0 Å². The van der Waals surface area contributed by atoms with Crippen LogP contribution in [0, 0.1) is 0 Å². The molecule has 0 amide bonds. The molecule has 0 N–H and O–H groups in total. The minimum atomic E-state index is -3.66. The summed E-state index contributed by atoms with van der Waals surface area (Å²) in [6.45, 7) is 4.75. The van der Waals surface area contributed by atoms with Crippen molar-refractivity contribution in [2.75, 3.05) is 5.75 Å². The summed E-state index contributed by atoms with van der Waals surface area (Å²) in [6.07, 6.45) is 1.24. The Morgan fingerprint density at radius 2 is 2.08 bits per heavy atom. The summed E-state index contributed by atoms with van der Waals surface area (Å²) in [4.78, 5) is 10.4. The van der Waals surface area contributed by atoms with E-state index in [1.165, 1.54) is 0 Å². The maximum Gasteiger partial charge on any atom is 0.345 e. The quantitative estimate of drug-likeness (QED) is 0.367. The first-order valence-electron chi connectivity index (χ1n) is 3.10. The molecule has 0 unspecified atom stereocenters. The monoisotopic (exact) mass is 201 g/mol. The van der Waals surface area contributed by atoms with Crippen molar-refractivity contribution in [3.63, 3.8) is 0 Å². The van der Waals surface area contributed by atoms with E-state index in [1.54, 1.807) is 6.92 Å². The molecule has 6 heteroatoms. The average molecular weight is 201 g/mol. The fourth-order valence-corrected chi connectivity index (χ4v) is 1.35. The van der Waals surface area contributed by atoms with Crippen LogP contribution in [0.1, 0.15) is 13.3 Å². The molecule has 4 nitrogen and oxygen atoms in total. The van der Waals surface area contributed by atoms with E-state index < -0.39 is 16.1 Å². The van der Waals surface area contributed by atoms with Gasteiger partial charge in [0.25, 0.3) is 0 Å². The number of hydrogen-bond acceptors (Lipinski definition) is 4. The van der Waals surface area contributed by atoms with E-state index in [9.17, 15) is 13.2 Å². The van der Waals surface area contributed by atoms with Gasteiger partial charge in [-0.3, -0.25) is 0 Å². The molecule has 0 aromatic rings. The van der Waals surface area contributed by atoms with Gasteiger partial charge in [0.15, 0.2) is 0 Å². The normalized spacial score (nSPS) is 9.75. The second-order valence-corrected chi connectivity index (χ2v) is 3.56. The molecule has 0 rings (SSSR count). The minimum Gasteiger partial charge on any atom is -0.342 e. The molecule has 0 spiro atoms. The number of carbonyl (C=O) groups excluding carboxylic acids is 1. The van der Waals surface area contributed by atoms with Crippen LogP contribution in [-0.2, 0) is 19.1 Å². The van der Waals surface area contributed by atoms with Crippen LogP contribution < -0.4 is 0 Å². The molecule has 0 saturated heterocycles. The topological polar surface area (TPSA) is 60.4 Å². The Bertz CT molecular complexity index is 244. The van der Waals surface area contributed by atoms with Crippen LogP contribution in [0.15, 0.2) is 12.7 Å². The third kappa shape index (κ3) is 6.84. The van der Waals surface area contributed by atoms with Gasteiger partial charge in [-0.05, 0) is 6.42 Å². The fourth-order valence-electron chi connectivity index (χ4n) is 0.451. The molecule has 0 fully saturated rings. The van der Waals surface area contributed by atoms with E-state index in [-0.39, 0.29) is 35.3 Å². The summed E-state index contributed by atoms with van der Waals surface area (Å²) < 4.78 is 25.5. The van der Waals surface area contributed by atoms with E-state index in [0.29, 0.717) is 6.42 Å². The molecule has 12 heavy (non-hydrogen) atoms. The van der Waals surface area contributed by atoms with E-state index in [0.717, 1.165) is 6.08 Å². The second kappa shape index (κ2) is 6.65. The van der Waals surface area contributed by atoms with Gasteiger partial charge in [-0.15, -0.1) is 0 Å². The molecule has 0 bridgehead atoms. The Balaban J connectivity index is 0. The summed E-state index contributed by atoms with van der Waals surface area (Å²) in [6, 6.07) is 0. The molecule has 0 aromatic carbocycles. The van der Waals surface area contributed by atoms with E-state index in [1.807, 2.05) is 0 Å². The molecule has 65 valence electrons. The smallest absolute Gasteiger partial charge is 0.342 e. The second-order valence-electron chi connectivity index (χ2n) is 1.87. The van der Waals surface area contributed by atoms with Crippen LogP contribution in [0.5, 0.6) is 0 Å². The van der Waals surface area contributed by atoms with Crippen molar-refractivity contribution in [2.45, 2.75) is 13.3 Å². The molecule has 0 aliphatic heterocycles. The largest absolute Gasteiger partial charge is 0.345 e. The molecule has 0 atom stereocenters. The third-order valence-electron chi connectivity index (χ3n) is 0.830. The molecule has 0 aliphatic rings. The minimum absolute atomic E-state index is 0. The summed E-state index contributed by atoms with van der Waals surface area (Å²) in [5, 5.41) is 0. The Hall–Kier alpha value is 0.160. The number of carbonyl (C=O) groups is 1. The zero-order valence-corrected chi connectivity index (χ0v) is 10.1. The van der Waals surface area contributed by atoms with E-state index in [2.05, 4.69) is 10.8 Å². The van der Waals surface area contributed by atoms with E-state index in [4.69, 9.17) is 0 Å². The first-order chi connectivity index (χ1) is 5.02. The summed E-state index contributed by atoms with van der Waals surface area (Å²) in [5.74, 6) is -1.08. The van der Waals surface area contributed by atoms with Crippen molar-refractivity contribution < 1.29 is 17.4 Å². The summed E-state index contributed by atoms with van der Waals surface area (Å²) in [5.41, 5.74) is 0. The maximum absolute atomic E-state index is 10.7. The van der Waals surface area contributed by atoms with Crippen LogP contribution in [-0.4, -0.2) is 49.7 Å². The van der Waals surface area contributed by atoms with Crippen molar-refractivity contribution in [2.24, 2.45) is 0 Å². The molecule has 0 aliphatic carbocycles. The molecule has 0 aromatic heterocycles. The van der Waals surface area contributed by atoms with Crippen LogP contribution in [0.25, 0.3) is 0 Å². The van der Waals surface area contributed by atoms with Gasteiger partial charge in [0.1, 0.15) is 0 Å². The van der Waals surface area contributed by atoms with Crippen molar-refractivity contribution >= 4 is 45.6 Å². The van der Waals surface area contributed by atoms with Gasteiger partial charge in [0.2, 0.25) is 0 Å². The maximum atomic E-state index is 10.7. The van der Waals surface area contributed by atoms with Gasteiger partial charge in [-0.1, -0.05) is 13.5 Å². The van der Waals surface area contributed by atoms with Crippen molar-refractivity contribution in [3.05, 3.63) is 12.7 Å². The Morgan fingerprint density at radius 3 is 2.42 bits per heavy atom. The zero-order valence-electron chi connectivity index (χ0n) is 7.24. The zero-order chi connectivity index (χ0) is 8.91. The molecule has 0 saturated carbocycles. The van der Waals surface area contributed by atoms with Gasteiger partial charge in [-0.2, -0.15) is 8.42 Å². The Kier molecular flexibility index (Phi) is 8.13. The average Bonchev–Trinajstić information content (AvgIpc) is 1.86. The predicted octanol–water partition coefficient (Wildman–Crippen LogP) is 0.0746. The van der Waals surface area contributed by atoms with Crippen LogP contribution in [0.3, 0.4) is 0 Å². The SMILES string of the molecule is C=CC(=O)OS(=O)(=O)CCC.[Na]. The standard InChI is InChI=1S/C6H10O4S.Na/c1-3-5-11(8,9)10-6(7)4-2;/h4H,2-3,5H2,1H3;. The number of hydrogen-bond donors (Lipinski definition) is 0. The van der Waals surface area contributed by atoms with Crippen LogP contribution in [0.4, 0.5) is 0 Å². The van der Waals surface area contributed by atoms with Gasteiger partial charge < -0.3 is 4.18 Å². The van der Waals surface area contributed by atoms with Gasteiger partial charge in [-0.25, -0.2) is 4.79 Å². The predicted molar refractivity (Wildman–Crippen MR) is 46.1 cm³/mol. The van der Waals surface area contributed by atoms with Crippen LogP contribution >= 0.6 is 0 Å². The summed E-state index contributed by atoms with van der Waals surface area (Å²) >= 11 is 0. The third-order valence-corrected chi connectivity index (χ3v) is 2.16. The molecular formula is C6H10NaO4S. The van der Waals surface area contributed by atoms with Gasteiger partial charge in [0, 0.05) is 35.6 Å². The van der Waals surface area contributed by atoms with Gasteiger partial charge >= 0.3 is 16.1 Å². The first kappa shape index (κ1) is 14.7. The Morgan fingerprint density at radius 1 is 1.58 bits per heavy atom. The first-order valence-corrected chi connectivity index (χ1v) is 4.68. The Labute approximate surface area is 94.4 Å². The van der Waals surface area contributed by atoms with E-state index >= 15 is 0 Å². The summed E-state index contributed by atoms with van der Waals surface area (Å²) in [7, 11) is -3.66. The van der Waals surface area contributed by atoms with Crippen molar-refractivity contribution in [3.8, 4) is 0 Å².